The molecule has 0 unspecified atom stereocenters. The molecule has 0 aromatic rings. The monoisotopic (exact) mass is 176 g/mol. The van der Waals surface area contributed by atoms with Gasteiger partial charge in [-0.2, -0.15) is 0 Å². The van der Waals surface area contributed by atoms with E-state index in [9.17, 15) is 0 Å². The molecule has 0 rings (SSSR count). The zero-order valence-corrected chi connectivity index (χ0v) is 10.2. The van der Waals surface area contributed by atoms with Crippen molar-refractivity contribution in [3.8, 4) is 0 Å². The van der Waals surface area contributed by atoms with Crippen molar-refractivity contribution in [2.45, 2.75) is 13.8 Å². The molecule has 0 aromatic heterocycles. The van der Waals surface area contributed by atoms with Gasteiger partial charge in [0.05, 0.1) is 0 Å². The van der Waals surface area contributed by atoms with Crippen LogP contribution < -0.4 is 0 Å². The predicted octanol–water partition coefficient (Wildman–Crippen LogP) is 0.871. The second-order valence-corrected chi connectivity index (χ2v) is 6.84. The van der Waals surface area contributed by atoms with Gasteiger partial charge in [-0.15, -0.1) is 0 Å². The topological polar surface area (TPSA) is 0 Å². The van der Waals surface area contributed by atoms with Crippen molar-refractivity contribution in [2.75, 3.05) is 0 Å². The molecule has 0 aliphatic heterocycles. The van der Waals surface area contributed by atoms with Crippen LogP contribution in [0.3, 0.4) is 0 Å². The molecule has 2 heteroatoms. The predicted molar refractivity (Wildman–Crippen MR) is 34.6 cm³/mol. The first-order chi connectivity index (χ1) is 2.64. The molecule has 0 aromatic carbocycles. The molecule has 0 spiro atoms. The molecular formula is C4H8SSr. The Labute approximate surface area is 73.8 Å². The van der Waals surface area contributed by atoms with Gasteiger partial charge in [0.2, 0.25) is 0 Å². The fraction of sp³-hybridized carbons (Fsp3) is 0.750. The second kappa shape index (κ2) is 3.56. The van der Waals surface area contributed by atoms with Gasteiger partial charge in [-0.05, 0) is 0 Å². The number of hydrogen-bond donors (Lipinski definition) is 0. The molecule has 0 aliphatic rings. The van der Waals surface area contributed by atoms with Crippen LogP contribution in [-0.2, 0) is 0 Å². The molecule has 0 saturated heterocycles. The van der Waals surface area contributed by atoms with E-state index in [4.69, 9.17) is 12.2 Å². The second-order valence-electron chi connectivity index (χ2n) is 1.77. The van der Waals surface area contributed by atoms with Crippen LogP contribution in [-0.4, -0.2) is 43.1 Å². The zero-order valence-electron chi connectivity index (χ0n) is 4.49. The Kier molecular flexibility index (Phi) is 4.49. The SMILES string of the molecule is CC(C)[C](=S)[SrH]. The maximum atomic E-state index is 4.91. The van der Waals surface area contributed by atoms with Crippen molar-refractivity contribution < 1.29 is 0 Å². The van der Waals surface area contributed by atoms with Crippen LogP contribution in [0, 0.1) is 5.92 Å². The van der Waals surface area contributed by atoms with E-state index in [1.54, 1.807) is 0 Å². The van der Waals surface area contributed by atoms with E-state index in [1.807, 2.05) is 0 Å². The Morgan fingerprint density at radius 2 is 1.83 bits per heavy atom. The molecule has 0 N–H and O–H groups in total. The van der Waals surface area contributed by atoms with E-state index < -0.39 is 0 Å². The molecular weight excluding hydrogens is 168 g/mol. The summed E-state index contributed by atoms with van der Waals surface area (Å²) in [4.78, 5) is 0. The quantitative estimate of drug-likeness (QED) is 0.421. The first-order valence-electron chi connectivity index (χ1n) is 2.15. The van der Waals surface area contributed by atoms with E-state index in [0.717, 1.165) is 0 Å². The summed E-state index contributed by atoms with van der Waals surface area (Å²) in [7, 11) is 0. The number of rotatable bonds is 1. The Hall–Kier alpha value is 1.57. The Morgan fingerprint density at radius 1 is 1.67 bits per heavy atom. The van der Waals surface area contributed by atoms with Crippen LogP contribution in [0.2, 0.25) is 0 Å². The van der Waals surface area contributed by atoms with Crippen LogP contribution in [0.1, 0.15) is 13.8 Å². The van der Waals surface area contributed by atoms with Gasteiger partial charge in [-0.3, -0.25) is 0 Å². The van der Waals surface area contributed by atoms with Crippen molar-refractivity contribution in [3.63, 3.8) is 0 Å². The third-order valence-electron chi connectivity index (χ3n) is 0.813. The van der Waals surface area contributed by atoms with Gasteiger partial charge in [0.15, 0.2) is 0 Å². The molecule has 0 atom stereocenters. The van der Waals surface area contributed by atoms with E-state index >= 15 is 0 Å². The Bertz CT molecular complexity index is 58.6. The van der Waals surface area contributed by atoms with Crippen molar-refractivity contribution in [1.29, 1.82) is 0 Å². The third kappa shape index (κ3) is 3.75. The fourth-order valence-corrected chi connectivity index (χ4v) is 0. The van der Waals surface area contributed by atoms with Crippen LogP contribution in [0.15, 0.2) is 0 Å². The molecule has 0 aliphatic carbocycles. The maximum absolute atomic E-state index is 4.91. The molecule has 0 heterocycles. The number of thiocarbonyl (C=S) groups is 1. The van der Waals surface area contributed by atoms with Crippen LogP contribution in [0.5, 0.6) is 0 Å². The summed E-state index contributed by atoms with van der Waals surface area (Å²) in [5.74, 6) is 0.677. The fourth-order valence-electron chi connectivity index (χ4n) is 0. The standard InChI is InChI=1S/C4H7S.Sr.H/c1-4(2)3-5;;/h4H,1-2H3;;. The molecule has 0 bridgehead atoms. The minimum atomic E-state index is 0.631. The normalized spacial score (nSPS) is 9.00. The molecule has 32 valence electrons. The summed E-state index contributed by atoms with van der Waals surface area (Å²) in [6.07, 6.45) is 0. The first-order valence-corrected chi connectivity index (χ1v) is 5.01. The van der Waals surface area contributed by atoms with Crippen LogP contribution in [0.25, 0.3) is 0 Å². The minimum absolute atomic E-state index is 0.631. The summed E-state index contributed by atoms with van der Waals surface area (Å²) >= 11 is 5.54. The summed E-state index contributed by atoms with van der Waals surface area (Å²) < 4.78 is 1.30. The van der Waals surface area contributed by atoms with Crippen LogP contribution >= 0.6 is 12.2 Å². The van der Waals surface area contributed by atoms with Crippen molar-refractivity contribution in [3.05, 3.63) is 0 Å². The van der Waals surface area contributed by atoms with E-state index in [0.29, 0.717) is 49.2 Å². The van der Waals surface area contributed by atoms with Gasteiger partial charge in [0.1, 0.15) is 0 Å². The van der Waals surface area contributed by atoms with E-state index in [1.165, 1.54) is -0.165 Å². The third-order valence-corrected chi connectivity index (χ3v) is 4.12. The van der Waals surface area contributed by atoms with E-state index in [2.05, 4.69) is 13.8 Å². The Balaban J connectivity index is 3.26. The van der Waals surface area contributed by atoms with Gasteiger partial charge >= 0.3 is 75.1 Å². The van der Waals surface area contributed by atoms with Gasteiger partial charge in [-0.25, -0.2) is 0 Å². The van der Waals surface area contributed by atoms with Crippen LogP contribution in [0.4, 0.5) is 0 Å². The van der Waals surface area contributed by atoms with Crippen molar-refractivity contribution in [1.82, 2.24) is 0 Å². The number of hydrogen-bond acceptors (Lipinski definition) is 1. The summed E-state index contributed by atoms with van der Waals surface area (Å²) in [5.41, 5.74) is 0. The van der Waals surface area contributed by atoms with Crippen molar-refractivity contribution >= 4 is 55.3 Å². The van der Waals surface area contributed by atoms with Gasteiger partial charge in [0.25, 0.3) is 0 Å². The van der Waals surface area contributed by atoms with Crippen molar-refractivity contribution in [2.24, 2.45) is 5.92 Å². The molecule has 0 saturated carbocycles. The molecule has 0 nitrogen and oxygen atoms in total. The average molecular weight is 176 g/mol. The van der Waals surface area contributed by atoms with Gasteiger partial charge in [-0.1, -0.05) is 0 Å². The Morgan fingerprint density at radius 3 is 1.83 bits per heavy atom. The molecule has 0 fully saturated rings. The summed E-state index contributed by atoms with van der Waals surface area (Å²) in [6, 6.07) is 0. The van der Waals surface area contributed by atoms with Gasteiger partial charge in [0, 0.05) is 0 Å². The summed E-state index contributed by atoms with van der Waals surface area (Å²) in [5, 5.41) is 0. The molecule has 0 amide bonds. The molecule has 0 radical (unpaired) electrons. The zero-order chi connectivity index (χ0) is 5.15. The van der Waals surface area contributed by atoms with E-state index in [-0.39, 0.29) is 0 Å². The first kappa shape index (κ1) is 7.57. The van der Waals surface area contributed by atoms with Gasteiger partial charge < -0.3 is 0 Å². The average Bonchev–Trinajstić information content (AvgIpc) is 1.36. The molecule has 6 heavy (non-hydrogen) atoms. The summed E-state index contributed by atoms with van der Waals surface area (Å²) in [6.45, 7) is 4.30.